The lowest BCUT2D eigenvalue weighted by Gasteiger charge is -2.18. The maximum absolute atomic E-state index is 9.84. The van der Waals surface area contributed by atoms with Gasteiger partial charge in [0.25, 0.3) is 0 Å². The van der Waals surface area contributed by atoms with Crippen molar-refractivity contribution < 1.29 is 4.80 Å². The van der Waals surface area contributed by atoms with Crippen molar-refractivity contribution in [3.05, 3.63) is 12.3 Å². The molecule has 1 N–H and O–H groups in total. The molecule has 0 aromatic carbocycles. The van der Waals surface area contributed by atoms with Crippen molar-refractivity contribution in [3.63, 3.8) is 0 Å². The zero-order valence-electron chi connectivity index (χ0n) is 7.06. The fourth-order valence-electron chi connectivity index (χ4n) is 1.19. The minimum absolute atomic E-state index is 0.977. The second-order valence-electron chi connectivity index (χ2n) is 2.81. The van der Waals surface area contributed by atoms with E-state index in [-0.39, 0.29) is 0 Å². The van der Waals surface area contributed by atoms with Gasteiger partial charge in [-0.15, -0.1) is 6.58 Å². The van der Waals surface area contributed by atoms with Gasteiger partial charge in [0.05, 0.1) is 0 Å². The van der Waals surface area contributed by atoms with Crippen LogP contribution in [-0.4, -0.2) is 13.1 Å². The average Bonchev–Trinajstić information content (AvgIpc) is 1.89. The van der Waals surface area contributed by atoms with Crippen molar-refractivity contribution in [2.45, 2.75) is 38.8 Å². The van der Waals surface area contributed by atoms with Crippen molar-refractivity contribution in [2.24, 2.45) is 0 Å². The molecular weight excluding hydrogens is 140 g/mol. The van der Waals surface area contributed by atoms with Gasteiger partial charge in [0.1, 0.15) is 0 Å². The molecule has 0 radical (unpaired) electrons. The molecule has 0 saturated heterocycles. The maximum atomic E-state index is 9.84. The summed E-state index contributed by atoms with van der Waals surface area (Å²) in [6.07, 6.45) is 2.16. The van der Waals surface area contributed by atoms with Crippen LogP contribution in [0, 0.1) is 0 Å². The highest BCUT2D eigenvalue weighted by Crippen LogP contribution is 2.16. The number of hydrogen-bond donors (Lipinski definition) is 1. The normalized spacial score (nSPS) is 11.5. The molecule has 10 heavy (non-hydrogen) atoms. The van der Waals surface area contributed by atoms with Crippen LogP contribution in [0.1, 0.15) is 26.7 Å². The van der Waals surface area contributed by atoms with Gasteiger partial charge in [0.2, 0.25) is 8.32 Å². The first kappa shape index (κ1) is 9.92. The topological polar surface area (TPSA) is 20.2 Å². The molecule has 0 aromatic heterocycles. The van der Waals surface area contributed by atoms with Crippen molar-refractivity contribution in [3.8, 4) is 0 Å². The summed E-state index contributed by atoms with van der Waals surface area (Å²) in [6, 6.07) is 1.95. The maximum Gasteiger partial charge on any atom is 0.212 e. The van der Waals surface area contributed by atoms with Crippen LogP contribution in [0.4, 0.5) is 0 Å². The monoisotopic (exact) mass is 158 g/mol. The zero-order valence-corrected chi connectivity index (χ0v) is 8.06. The predicted octanol–water partition coefficient (Wildman–Crippen LogP) is 2.47. The summed E-state index contributed by atoms with van der Waals surface area (Å²) in [6.45, 7) is 7.90. The lowest BCUT2D eigenvalue weighted by atomic mass is 10.6. The Bertz CT molecular complexity index is 95.4. The van der Waals surface area contributed by atoms with Gasteiger partial charge in [-0.1, -0.05) is 32.4 Å². The molecule has 0 spiro atoms. The Labute approximate surface area is 64.9 Å². The molecule has 2 heteroatoms. The van der Waals surface area contributed by atoms with Crippen molar-refractivity contribution in [1.29, 1.82) is 0 Å². The molecule has 0 rings (SSSR count). The van der Waals surface area contributed by atoms with E-state index >= 15 is 0 Å². The highest BCUT2D eigenvalue weighted by molar-refractivity contribution is 6.77. The zero-order chi connectivity index (χ0) is 8.04. The van der Waals surface area contributed by atoms with Crippen molar-refractivity contribution in [2.75, 3.05) is 0 Å². The molecule has 1 nitrogen and oxygen atoms in total. The Kier molecular flexibility index (Phi) is 4.65. The smallest absolute Gasteiger partial charge is 0.212 e. The fourth-order valence-corrected chi connectivity index (χ4v) is 3.58. The van der Waals surface area contributed by atoms with E-state index in [2.05, 4.69) is 20.4 Å². The van der Waals surface area contributed by atoms with Gasteiger partial charge in [-0.25, -0.2) is 0 Å². The summed E-state index contributed by atoms with van der Waals surface area (Å²) >= 11 is 0. The molecule has 0 aliphatic carbocycles. The Morgan fingerprint density at radius 3 is 1.90 bits per heavy atom. The van der Waals surface area contributed by atoms with E-state index in [0.29, 0.717) is 0 Å². The third kappa shape index (κ3) is 3.18. The first-order valence-electron chi connectivity index (χ1n) is 4.04. The molecule has 0 aromatic rings. The van der Waals surface area contributed by atoms with E-state index in [4.69, 9.17) is 0 Å². The quantitative estimate of drug-likeness (QED) is 0.609. The molecule has 0 aliphatic rings. The first-order chi connectivity index (χ1) is 4.68. The standard InChI is InChI=1S/C8H18OSi/c1-4-7-10(9,6-3)8-5-2/h6,9H,3-5,7-8H2,1-2H3. The lowest BCUT2D eigenvalue weighted by Crippen LogP contribution is -2.30. The lowest BCUT2D eigenvalue weighted by molar-refractivity contribution is 0.539. The Balaban J connectivity index is 3.81. The average molecular weight is 158 g/mol. The van der Waals surface area contributed by atoms with Crippen LogP contribution in [0.25, 0.3) is 0 Å². The van der Waals surface area contributed by atoms with Crippen LogP contribution in [0.5, 0.6) is 0 Å². The predicted molar refractivity (Wildman–Crippen MR) is 48.4 cm³/mol. The van der Waals surface area contributed by atoms with E-state index < -0.39 is 8.32 Å². The van der Waals surface area contributed by atoms with E-state index in [1.54, 1.807) is 5.70 Å². The van der Waals surface area contributed by atoms with Crippen LogP contribution in [0.2, 0.25) is 12.1 Å². The van der Waals surface area contributed by atoms with Crippen LogP contribution in [0.3, 0.4) is 0 Å². The molecule has 0 amide bonds. The van der Waals surface area contributed by atoms with Crippen LogP contribution in [0.15, 0.2) is 12.3 Å². The molecule has 0 heterocycles. The second kappa shape index (κ2) is 4.69. The first-order valence-corrected chi connectivity index (χ1v) is 6.48. The van der Waals surface area contributed by atoms with Crippen LogP contribution >= 0.6 is 0 Å². The largest absolute Gasteiger partial charge is 0.428 e. The summed E-state index contributed by atoms with van der Waals surface area (Å²) < 4.78 is 0. The van der Waals surface area contributed by atoms with Gasteiger partial charge in [0, 0.05) is 0 Å². The van der Waals surface area contributed by atoms with Gasteiger partial charge in [0.15, 0.2) is 0 Å². The molecule has 0 fully saturated rings. The number of rotatable bonds is 5. The SMILES string of the molecule is C=C[Si](O)(CCC)CCC. The van der Waals surface area contributed by atoms with E-state index in [1.165, 1.54) is 0 Å². The Morgan fingerprint density at radius 2 is 1.70 bits per heavy atom. The van der Waals surface area contributed by atoms with E-state index in [1.807, 2.05) is 0 Å². The van der Waals surface area contributed by atoms with Crippen LogP contribution in [-0.2, 0) is 0 Å². The third-order valence-corrected chi connectivity index (χ3v) is 5.24. The Hall–Kier alpha value is -0.0831. The minimum Gasteiger partial charge on any atom is -0.428 e. The summed E-state index contributed by atoms with van der Waals surface area (Å²) in [5, 5.41) is 0. The Morgan fingerprint density at radius 1 is 1.30 bits per heavy atom. The fraction of sp³-hybridized carbons (Fsp3) is 0.750. The van der Waals surface area contributed by atoms with Gasteiger partial charge in [-0.3, -0.25) is 0 Å². The molecule has 0 aliphatic heterocycles. The van der Waals surface area contributed by atoms with Gasteiger partial charge < -0.3 is 4.80 Å². The highest BCUT2D eigenvalue weighted by Gasteiger charge is 2.23. The molecule has 0 atom stereocenters. The molecule has 60 valence electrons. The van der Waals surface area contributed by atoms with Crippen molar-refractivity contribution >= 4 is 8.32 Å². The summed E-state index contributed by atoms with van der Waals surface area (Å²) in [4.78, 5) is 9.84. The summed E-state index contributed by atoms with van der Waals surface area (Å²) in [5.41, 5.74) is 1.81. The van der Waals surface area contributed by atoms with Gasteiger partial charge >= 0.3 is 0 Å². The highest BCUT2D eigenvalue weighted by atomic mass is 28.4. The van der Waals surface area contributed by atoms with Crippen molar-refractivity contribution in [1.82, 2.24) is 0 Å². The molecule has 0 bridgehead atoms. The molecular formula is C8H18OSi. The van der Waals surface area contributed by atoms with E-state index in [9.17, 15) is 4.80 Å². The second-order valence-corrected chi connectivity index (χ2v) is 6.42. The summed E-state index contributed by atoms with van der Waals surface area (Å²) in [5.74, 6) is 0. The number of hydrogen-bond acceptors (Lipinski definition) is 1. The third-order valence-electron chi connectivity index (χ3n) is 1.75. The van der Waals surface area contributed by atoms with Crippen LogP contribution < -0.4 is 0 Å². The molecule has 0 saturated carbocycles. The summed E-state index contributed by atoms with van der Waals surface area (Å²) in [7, 11) is -1.96. The van der Waals surface area contributed by atoms with E-state index in [0.717, 1.165) is 24.9 Å². The molecule has 0 unspecified atom stereocenters. The minimum atomic E-state index is -1.96. The van der Waals surface area contributed by atoms with Gasteiger partial charge in [-0.05, 0) is 12.1 Å². The van der Waals surface area contributed by atoms with Gasteiger partial charge in [-0.2, -0.15) is 0 Å².